The average molecular weight is 387 g/mol. The number of esters is 1. The summed E-state index contributed by atoms with van der Waals surface area (Å²) in [7, 11) is 1.28. The maximum absolute atomic E-state index is 12.8. The van der Waals surface area contributed by atoms with Crippen LogP contribution in [0.5, 0.6) is 5.75 Å². The number of anilines is 1. The summed E-state index contributed by atoms with van der Waals surface area (Å²) in [6.07, 6.45) is 3.27. The van der Waals surface area contributed by atoms with Crippen LogP contribution in [0.15, 0.2) is 53.2 Å². The summed E-state index contributed by atoms with van der Waals surface area (Å²) < 4.78 is 29.7. The molecule has 9 heteroatoms. The van der Waals surface area contributed by atoms with Gasteiger partial charge in [-0.1, -0.05) is 0 Å². The zero-order valence-electron chi connectivity index (χ0n) is 15.1. The molecule has 0 saturated carbocycles. The zero-order chi connectivity index (χ0) is 19.9. The molecule has 2 heterocycles. The Morgan fingerprint density at radius 1 is 1.21 bits per heavy atom. The van der Waals surface area contributed by atoms with E-state index in [2.05, 4.69) is 15.2 Å². The summed E-state index contributed by atoms with van der Waals surface area (Å²) in [6.45, 7) is 0.453. The predicted molar refractivity (Wildman–Crippen MR) is 96.5 cm³/mol. The van der Waals surface area contributed by atoms with Crippen LogP contribution in [-0.2, 0) is 16.1 Å². The van der Waals surface area contributed by atoms with E-state index in [9.17, 15) is 14.0 Å². The molecular formula is C19H18FN3O5. The van der Waals surface area contributed by atoms with Crippen molar-refractivity contribution in [3.8, 4) is 5.75 Å². The SMILES string of the molecule is COC(=O)c1ccc(Cn2cc(NC(=O)CCOc3ccc(F)cc3)cn2)o1. The molecule has 0 aliphatic carbocycles. The molecule has 0 aliphatic rings. The van der Waals surface area contributed by atoms with Crippen LogP contribution >= 0.6 is 0 Å². The van der Waals surface area contributed by atoms with E-state index in [4.69, 9.17) is 9.15 Å². The van der Waals surface area contributed by atoms with Gasteiger partial charge in [0, 0.05) is 6.20 Å². The van der Waals surface area contributed by atoms with Crippen LogP contribution < -0.4 is 10.1 Å². The Balaban J connectivity index is 1.45. The van der Waals surface area contributed by atoms with Gasteiger partial charge in [-0.2, -0.15) is 5.10 Å². The fraction of sp³-hybridized carbons (Fsp3) is 0.211. The number of carbonyl (C=O) groups excluding carboxylic acids is 2. The topological polar surface area (TPSA) is 95.6 Å². The van der Waals surface area contributed by atoms with E-state index in [1.807, 2.05) is 0 Å². The summed E-state index contributed by atoms with van der Waals surface area (Å²) in [5.41, 5.74) is 0.520. The first kappa shape index (κ1) is 19.2. The first-order valence-electron chi connectivity index (χ1n) is 8.41. The van der Waals surface area contributed by atoms with E-state index in [0.717, 1.165) is 0 Å². The molecule has 1 aromatic carbocycles. The van der Waals surface area contributed by atoms with Crippen molar-refractivity contribution in [3.05, 3.63) is 66.1 Å². The van der Waals surface area contributed by atoms with Crippen LogP contribution in [0.2, 0.25) is 0 Å². The summed E-state index contributed by atoms with van der Waals surface area (Å²) in [5, 5.41) is 6.84. The first-order chi connectivity index (χ1) is 13.5. The van der Waals surface area contributed by atoms with Crippen molar-refractivity contribution >= 4 is 17.6 Å². The molecular weight excluding hydrogens is 369 g/mol. The van der Waals surface area contributed by atoms with E-state index < -0.39 is 5.97 Å². The molecule has 3 rings (SSSR count). The van der Waals surface area contributed by atoms with Crippen molar-refractivity contribution in [2.24, 2.45) is 0 Å². The van der Waals surface area contributed by atoms with Gasteiger partial charge >= 0.3 is 5.97 Å². The Hall–Kier alpha value is -3.62. The highest BCUT2D eigenvalue weighted by Crippen LogP contribution is 2.13. The monoisotopic (exact) mass is 387 g/mol. The molecule has 0 radical (unpaired) electrons. The van der Waals surface area contributed by atoms with Crippen molar-refractivity contribution in [1.29, 1.82) is 0 Å². The lowest BCUT2D eigenvalue weighted by atomic mass is 10.3. The van der Waals surface area contributed by atoms with Crippen molar-refractivity contribution in [3.63, 3.8) is 0 Å². The van der Waals surface area contributed by atoms with Crippen molar-refractivity contribution < 1.29 is 27.9 Å². The molecule has 0 fully saturated rings. The highest BCUT2D eigenvalue weighted by Gasteiger charge is 2.12. The number of nitrogens with zero attached hydrogens (tertiary/aromatic N) is 2. The zero-order valence-corrected chi connectivity index (χ0v) is 15.1. The van der Waals surface area contributed by atoms with Crippen LogP contribution in [0, 0.1) is 5.82 Å². The number of hydrogen-bond acceptors (Lipinski definition) is 6. The Labute approximate surface area is 159 Å². The van der Waals surface area contributed by atoms with Crippen LogP contribution in [0.3, 0.4) is 0 Å². The normalized spacial score (nSPS) is 10.5. The van der Waals surface area contributed by atoms with Crippen LogP contribution in [0.25, 0.3) is 0 Å². The van der Waals surface area contributed by atoms with Gasteiger partial charge < -0.3 is 19.2 Å². The van der Waals surface area contributed by atoms with Gasteiger partial charge in [0.25, 0.3) is 0 Å². The van der Waals surface area contributed by atoms with Crippen molar-refractivity contribution in [1.82, 2.24) is 9.78 Å². The van der Waals surface area contributed by atoms with Gasteiger partial charge in [-0.25, -0.2) is 9.18 Å². The number of ether oxygens (including phenoxy) is 2. The summed E-state index contributed by atoms with van der Waals surface area (Å²) >= 11 is 0. The molecule has 2 aromatic heterocycles. The molecule has 3 aromatic rings. The van der Waals surface area contributed by atoms with E-state index in [1.165, 1.54) is 43.6 Å². The molecule has 8 nitrogen and oxygen atoms in total. The Bertz CT molecular complexity index is 949. The summed E-state index contributed by atoms with van der Waals surface area (Å²) in [6, 6.07) is 8.75. The lowest BCUT2D eigenvalue weighted by Crippen LogP contribution is -2.14. The highest BCUT2D eigenvalue weighted by molar-refractivity contribution is 5.90. The second-order valence-electron chi connectivity index (χ2n) is 5.78. The van der Waals surface area contributed by atoms with Gasteiger partial charge in [-0.3, -0.25) is 9.48 Å². The van der Waals surface area contributed by atoms with E-state index in [1.54, 1.807) is 16.9 Å². The Morgan fingerprint density at radius 3 is 2.75 bits per heavy atom. The Kier molecular flexibility index (Phi) is 6.05. The van der Waals surface area contributed by atoms with E-state index in [-0.39, 0.29) is 30.5 Å². The predicted octanol–water partition coefficient (Wildman–Crippen LogP) is 2.86. The van der Waals surface area contributed by atoms with Crippen molar-refractivity contribution in [2.45, 2.75) is 13.0 Å². The number of furan rings is 1. The van der Waals surface area contributed by atoms with Gasteiger partial charge in [0.1, 0.15) is 17.3 Å². The fourth-order valence-electron chi connectivity index (χ4n) is 2.36. The smallest absolute Gasteiger partial charge is 0.373 e. The molecule has 28 heavy (non-hydrogen) atoms. The van der Waals surface area contributed by atoms with Gasteiger partial charge in [0.2, 0.25) is 11.7 Å². The second kappa shape index (κ2) is 8.85. The third-order valence-electron chi connectivity index (χ3n) is 3.69. The summed E-state index contributed by atoms with van der Waals surface area (Å²) in [5.74, 6) is -0.0199. The minimum atomic E-state index is -0.553. The molecule has 1 N–H and O–H groups in total. The minimum absolute atomic E-state index is 0.110. The largest absolute Gasteiger partial charge is 0.493 e. The first-order valence-corrected chi connectivity index (χ1v) is 8.41. The van der Waals surface area contributed by atoms with Crippen LogP contribution in [0.1, 0.15) is 22.7 Å². The number of amides is 1. The number of methoxy groups -OCH3 is 1. The third-order valence-corrected chi connectivity index (χ3v) is 3.69. The minimum Gasteiger partial charge on any atom is -0.493 e. The summed E-state index contributed by atoms with van der Waals surface area (Å²) in [4.78, 5) is 23.4. The van der Waals surface area contributed by atoms with Crippen LogP contribution in [0.4, 0.5) is 10.1 Å². The Morgan fingerprint density at radius 2 is 2.00 bits per heavy atom. The van der Waals surface area contributed by atoms with Gasteiger partial charge in [0.15, 0.2) is 0 Å². The maximum Gasteiger partial charge on any atom is 0.373 e. The highest BCUT2D eigenvalue weighted by atomic mass is 19.1. The van der Waals surface area contributed by atoms with Crippen molar-refractivity contribution in [2.75, 3.05) is 19.0 Å². The van der Waals surface area contributed by atoms with Gasteiger partial charge in [0.05, 0.1) is 38.6 Å². The lowest BCUT2D eigenvalue weighted by molar-refractivity contribution is -0.116. The quantitative estimate of drug-likeness (QED) is 0.597. The molecule has 0 aliphatic heterocycles. The number of benzene rings is 1. The average Bonchev–Trinajstić information content (AvgIpc) is 3.32. The second-order valence-corrected chi connectivity index (χ2v) is 5.78. The molecule has 0 atom stereocenters. The molecule has 0 unspecified atom stereocenters. The number of aromatic nitrogens is 2. The maximum atomic E-state index is 12.8. The van der Waals surface area contributed by atoms with Gasteiger partial charge in [-0.15, -0.1) is 0 Å². The van der Waals surface area contributed by atoms with E-state index >= 15 is 0 Å². The molecule has 1 amide bonds. The van der Waals surface area contributed by atoms with Crippen LogP contribution in [-0.4, -0.2) is 35.4 Å². The molecule has 0 spiro atoms. The fourth-order valence-corrected chi connectivity index (χ4v) is 2.36. The standard InChI is InChI=1S/C19H18FN3O5/c1-26-19(25)17-7-6-16(28-17)12-23-11-14(10-21-23)22-18(24)8-9-27-15-4-2-13(20)3-5-15/h2-7,10-11H,8-9,12H2,1H3,(H,22,24). The molecule has 0 bridgehead atoms. The van der Waals surface area contributed by atoms with E-state index in [0.29, 0.717) is 23.7 Å². The third kappa shape index (κ3) is 5.19. The number of hydrogen-bond donors (Lipinski definition) is 1. The number of carbonyl (C=O) groups is 2. The number of rotatable bonds is 8. The molecule has 0 saturated heterocycles. The number of halogens is 1. The van der Waals surface area contributed by atoms with Gasteiger partial charge in [-0.05, 0) is 36.4 Å². The molecule has 146 valence electrons. The number of nitrogens with one attached hydrogen (secondary N) is 1. The lowest BCUT2D eigenvalue weighted by Gasteiger charge is -2.06.